The zero-order chi connectivity index (χ0) is 16.5. The summed E-state index contributed by atoms with van der Waals surface area (Å²) < 4.78 is 5.92. The summed E-state index contributed by atoms with van der Waals surface area (Å²) in [4.78, 5) is 0. The van der Waals surface area contributed by atoms with Crippen molar-refractivity contribution < 1.29 is 9.84 Å². The molecule has 0 amide bonds. The van der Waals surface area contributed by atoms with Gasteiger partial charge in [-0.05, 0) is 69.3 Å². The quantitative estimate of drug-likeness (QED) is 0.766. The fraction of sp³-hybridized carbons (Fsp3) is 0.700. The van der Waals surface area contributed by atoms with E-state index in [0.717, 1.165) is 19.3 Å². The molecule has 1 heterocycles. The molecular weight excluding hydrogens is 272 g/mol. The average Bonchev–Trinajstić information content (AvgIpc) is 2.46. The van der Waals surface area contributed by atoms with Crippen molar-refractivity contribution in [1.82, 2.24) is 0 Å². The van der Waals surface area contributed by atoms with Crippen molar-refractivity contribution in [2.45, 2.75) is 65.1 Å². The predicted octanol–water partition coefficient (Wildman–Crippen LogP) is 4.66. The smallest absolute Gasteiger partial charge is 0.0895 e. The Kier molecular flexibility index (Phi) is 5.03. The van der Waals surface area contributed by atoms with Gasteiger partial charge in [0.1, 0.15) is 0 Å². The lowest BCUT2D eigenvalue weighted by atomic mass is 9.61. The third kappa shape index (κ3) is 3.55. The highest BCUT2D eigenvalue weighted by Crippen LogP contribution is 2.49. The fourth-order valence-electron chi connectivity index (χ4n) is 4.04. The Morgan fingerprint density at radius 1 is 1.50 bits per heavy atom. The minimum absolute atomic E-state index is 0.0878. The molecular formula is C20H32O2. The van der Waals surface area contributed by atoms with Crippen molar-refractivity contribution in [3.63, 3.8) is 0 Å². The topological polar surface area (TPSA) is 29.5 Å². The Balaban J connectivity index is 2.08. The van der Waals surface area contributed by atoms with Crippen molar-refractivity contribution in [3.05, 3.63) is 36.5 Å². The SMILES string of the molecule is C=C[C@@]1(C)CC[C@H](C2=CC[C@H](C(C)(C)O)OC2)C[C@@H]1C(=C)C. The molecule has 0 aromatic heterocycles. The lowest BCUT2D eigenvalue weighted by molar-refractivity contribution is -0.0872. The van der Waals surface area contributed by atoms with Crippen LogP contribution in [-0.2, 0) is 4.74 Å². The van der Waals surface area contributed by atoms with E-state index in [2.05, 4.69) is 39.2 Å². The largest absolute Gasteiger partial charge is 0.388 e. The Morgan fingerprint density at radius 3 is 2.64 bits per heavy atom. The molecule has 0 aromatic rings. The molecule has 124 valence electrons. The standard InChI is InChI=1S/C20H32O2/c1-7-20(6)11-10-15(12-17(20)14(2)3)16-8-9-18(22-13-16)19(4,5)21/h7-8,15,17-18,21H,1-2,9-13H2,3-6H3/t15-,17+,18+,20-/m0/s1. The van der Waals surface area contributed by atoms with Gasteiger partial charge in [-0.2, -0.15) is 0 Å². The van der Waals surface area contributed by atoms with Gasteiger partial charge in [0, 0.05) is 0 Å². The summed E-state index contributed by atoms with van der Waals surface area (Å²) in [7, 11) is 0. The highest BCUT2D eigenvalue weighted by molar-refractivity contribution is 5.19. The Labute approximate surface area is 136 Å². The van der Waals surface area contributed by atoms with Crippen LogP contribution in [0.15, 0.2) is 36.5 Å². The van der Waals surface area contributed by atoms with E-state index in [1.807, 2.05) is 13.8 Å². The molecule has 0 bridgehead atoms. The number of allylic oxidation sites excluding steroid dienone is 2. The molecule has 4 atom stereocenters. The van der Waals surface area contributed by atoms with Gasteiger partial charge in [-0.15, -0.1) is 6.58 Å². The summed E-state index contributed by atoms with van der Waals surface area (Å²) in [5.41, 5.74) is 2.08. The van der Waals surface area contributed by atoms with E-state index in [9.17, 15) is 5.11 Å². The van der Waals surface area contributed by atoms with E-state index in [4.69, 9.17) is 4.74 Å². The lowest BCUT2D eigenvalue weighted by Crippen LogP contribution is -2.41. The second-order valence-electron chi connectivity index (χ2n) is 8.05. The summed E-state index contributed by atoms with van der Waals surface area (Å²) in [6, 6.07) is 0. The van der Waals surface area contributed by atoms with Crippen molar-refractivity contribution >= 4 is 0 Å². The zero-order valence-corrected chi connectivity index (χ0v) is 14.7. The number of hydrogen-bond acceptors (Lipinski definition) is 2. The molecule has 0 aromatic carbocycles. The highest BCUT2D eigenvalue weighted by atomic mass is 16.5. The first kappa shape index (κ1) is 17.5. The monoisotopic (exact) mass is 304 g/mol. The van der Waals surface area contributed by atoms with E-state index < -0.39 is 5.60 Å². The van der Waals surface area contributed by atoms with Crippen LogP contribution < -0.4 is 0 Å². The molecule has 1 N–H and O–H groups in total. The van der Waals surface area contributed by atoms with Gasteiger partial charge in [-0.25, -0.2) is 0 Å². The Hall–Kier alpha value is -0.860. The fourth-order valence-corrected chi connectivity index (χ4v) is 4.04. The molecule has 1 aliphatic heterocycles. The first-order valence-electron chi connectivity index (χ1n) is 8.49. The molecule has 0 spiro atoms. The van der Waals surface area contributed by atoms with E-state index in [1.165, 1.54) is 17.6 Å². The van der Waals surface area contributed by atoms with E-state index in [1.54, 1.807) is 0 Å². The summed E-state index contributed by atoms with van der Waals surface area (Å²) >= 11 is 0. The Bertz CT molecular complexity index is 469. The lowest BCUT2D eigenvalue weighted by Gasteiger charge is -2.45. The van der Waals surface area contributed by atoms with Gasteiger partial charge in [0.2, 0.25) is 0 Å². The van der Waals surface area contributed by atoms with Crippen LogP contribution in [-0.4, -0.2) is 23.4 Å². The van der Waals surface area contributed by atoms with Gasteiger partial charge in [0.15, 0.2) is 0 Å². The first-order valence-corrected chi connectivity index (χ1v) is 8.49. The normalized spacial score (nSPS) is 36.6. The van der Waals surface area contributed by atoms with Crippen LogP contribution in [0.3, 0.4) is 0 Å². The molecule has 0 saturated heterocycles. The molecule has 0 radical (unpaired) electrons. The van der Waals surface area contributed by atoms with Gasteiger partial charge < -0.3 is 9.84 Å². The molecule has 2 heteroatoms. The summed E-state index contributed by atoms with van der Waals surface area (Å²) in [6.45, 7) is 17.0. The van der Waals surface area contributed by atoms with Crippen molar-refractivity contribution in [2.75, 3.05) is 6.61 Å². The van der Waals surface area contributed by atoms with Crippen molar-refractivity contribution in [2.24, 2.45) is 17.3 Å². The maximum Gasteiger partial charge on any atom is 0.0895 e. The van der Waals surface area contributed by atoms with Gasteiger partial charge in [-0.1, -0.05) is 31.2 Å². The summed E-state index contributed by atoms with van der Waals surface area (Å²) in [6.07, 6.45) is 8.64. The third-order valence-corrected chi connectivity index (χ3v) is 5.77. The average molecular weight is 304 g/mol. The number of ether oxygens (including phenoxy) is 1. The molecule has 2 nitrogen and oxygen atoms in total. The number of rotatable bonds is 4. The molecule has 1 aliphatic carbocycles. The Morgan fingerprint density at radius 2 is 2.18 bits per heavy atom. The van der Waals surface area contributed by atoms with Crippen LogP contribution >= 0.6 is 0 Å². The number of hydrogen-bond donors (Lipinski definition) is 1. The minimum Gasteiger partial charge on any atom is -0.388 e. The maximum absolute atomic E-state index is 10.1. The van der Waals surface area contributed by atoms with Gasteiger partial charge in [-0.3, -0.25) is 0 Å². The minimum atomic E-state index is -0.768. The molecule has 22 heavy (non-hydrogen) atoms. The first-order chi connectivity index (χ1) is 10.2. The van der Waals surface area contributed by atoms with Crippen LogP contribution in [0.1, 0.15) is 53.4 Å². The molecule has 0 unspecified atom stereocenters. The second-order valence-corrected chi connectivity index (χ2v) is 8.05. The van der Waals surface area contributed by atoms with Crippen LogP contribution in [0, 0.1) is 17.3 Å². The van der Waals surface area contributed by atoms with Crippen LogP contribution in [0.25, 0.3) is 0 Å². The molecule has 2 aliphatic rings. The van der Waals surface area contributed by atoms with Crippen molar-refractivity contribution in [3.8, 4) is 0 Å². The van der Waals surface area contributed by atoms with Crippen LogP contribution in [0.2, 0.25) is 0 Å². The van der Waals surface area contributed by atoms with Gasteiger partial charge in [0.05, 0.1) is 18.3 Å². The highest BCUT2D eigenvalue weighted by Gasteiger charge is 2.40. The summed E-state index contributed by atoms with van der Waals surface area (Å²) in [5, 5.41) is 10.1. The van der Waals surface area contributed by atoms with E-state index >= 15 is 0 Å². The van der Waals surface area contributed by atoms with E-state index in [0.29, 0.717) is 18.4 Å². The molecule has 2 rings (SSSR count). The van der Waals surface area contributed by atoms with Crippen LogP contribution in [0.4, 0.5) is 0 Å². The maximum atomic E-state index is 10.1. The number of aliphatic hydroxyl groups is 1. The van der Waals surface area contributed by atoms with Gasteiger partial charge >= 0.3 is 0 Å². The summed E-state index contributed by atoms with van der Waals surface area (Å²) in [5.74, 6) is 1.08. The van der Waals surface area contributed by atoms with E-state index in [-0.39, 0.29) is 11.5 Å². The second kappa shape index (κ2) is 6.33. The van der Waals surface area contributed by atoms with Crippen molar-refractivity contribution in [1.29, 1.82) is 0 Å². The van der Waals surface area contributed by atoms with Crippen LogP contribution in [0.5, 0.6) is 0 Å². The third-order valence-electron chi connectivity index (χ3n) is 5.77. The molecule has 1 saturated carbocycles. The van der Waals surface area contributed by atoms with Gasteiger partial charge in [0.25, 0.3) is 0 Å². The zero-order valence-electron chi connectivity index (χ0n) is 14.7. The predicted molar refractivity (Wildman–Crippen MR) is 92.7 cm³/mol. The molecule has 1 fully saturated rings.